The van der Waals surface area contributed by atoms with Gasteiger partial charge in [-0.3, -0.25) is 18.7 Å². The maximum absolute atomic E-state index is 12.4. The SMILES string of the molecule is CN(CCCc1ccccc1)Cc1nnc2n(C)c(=O)c3sccc3n12. The molecule has 0 bridgehead atoms. The van der Waals surface area contributed by atoms with Crippen molar-refractivity contribution in [2.75, 3.05) is 13.6 Å². The summed E-state index contributed by atoms with van der Waals surface area (Å²) >= 11 is 1.46. The van der Waals surface area contributed by atoms with Gasteiger partial charge in [0.1, 0.15) is 4.70 Å². The van der Waals surface area contributed by atoms with Crippen molar-refractivity contribution in [2.24, 2.45) is 7.05 Å². The van der Waals surface area contributed by atoms with E-state index in [1.165, 1.54) is 16.9 Å². The first-order valence-corrected chi connectivity index (χ1v) is 9.56. The lowest BCUT2D eigenvalue weighted by Crippen LogP contribution is -2.23. The van der Waals surface area contributed by atoms with E-state index in [9.17, 15) is 4.79 Å². The van der Waals surface area contributed by atoms with Gasteiger partial charge in [-0.2, -0.15) is 0 Å². The predicted octanol–water partition coefficient (Wildman–Crippen LogP) is 2.71. The summed E-state index contributed by atoms with van der Waals surface area (Å²) in [6, 6.07) is 12.5. The normalized spacial score (nSPS) is 11.8. The zero-order valence-corrected chi connectivity index (χ0v) is 15.7. The largest absolute Gasteiger partial charge is 0.299 e. The Labute approximate surface area is 155 Å². The second-order valence-electron chi connectivity index (χ2n) is 6.58. The zero-order valence-electron chi connectivity index (χ0n) is 14.9. The first kappa shape index (κ1) is 16.9. The molecule has 0 atom stereocenters. The van der Waals surface area contributed by atoms with Crippen molar-refractivity contribution in [1.29, 1.82) is 0 Å². The highest BCUT2D eigenvalue weighted by atomic mass is 32.1. The van der Waals surface area contributed by atoms with Crippen molar-refractivity contribution < 1.29 is 0 Å². The second-order valence-corrected chi connectivity index (χ2v) is 7.49. The van der Waals surface area contributed by atoms with Gasteiger partial charge in [-0.05, 0) is 43.4 Å². The van der Waals surface area contributed by atoms with Gasteiger partial charge in [0, 0.05) is 7.05 Å². The van der Waals surface area contributed by atoms with E-state index in [1.807, 2.05) is 21.9 Å². The molecular formula is C19H21N5OS. The van der Waals surface area contributed by atoms with Crippen LogP contribution in [0.3, 0.4) is 0 Å². The van der Waals surface area contributed by atoms with Gasteiger partial charge in [0.2, 0.25) is 5.78 Å². The third-order valence-electron chi connectivity index (χ3n) is 4.66. The number of hydrogen-bond donors (Lipinski definition) is 0. The van der Waals surface area contributed by atoms with Crippen molar-refractivity contribution in [2.45, 2.75) is 19.4 Å². The molecule has 0 aliphatic rings. The monoisotopic (exact) mass is 367 g/mol. The Morgan fingerprint density at radius 1 is 1.15 bits per heavy atom. The average Bonchev–Trinajstić information content (AvgIpc) is 3.27. The molecule has 6 nitrogen and oxygen atoms in total. The van der Waals surface area contributed by atoms with Crippen LogP contribution in [0.5, 0.6) is 0 Å². The topological polar surface area (TPSA) is 55.4 Å². The van der Waals surface area contributed by atoms with Crippen LogP contribution in [-0.4, -0.2) is 37.7 Å². The molecule has 134 valence electrons. The van der Waals surface area contributed by atoms with E-state index in [4.69, 9.17) is 0 Å². The second kappa shape index (κ2) is 7.01. The van der Waals surface area contributed by atoms with Crippen LogP contribution in [0.4, 0.5) is 0 Å². The summed E-state index contributed by atoms with van der Waals surface area (Å²) in [4.78, 5) is 14.6. The van der Waals surface area contributed by atoms with Crippen LogP contribution >= 0.6 is 11.3 Å². The van der Waals surface area contributed by atoms with Gasteiger partial charge in [-0.25, -0.2) is 0 Å². The van der Waals surface area contributed by atoms with Crippen molar-refractivity contribution in [1.82, 2.24) is 24.1 Å². The molecule has 3 aromatic heterocycles. The number of aromatic nitrogens is 4. The molecule has 0 N–H and O–H groups in total. The fourth-order valence-corrected chi connectivity index (χ4v) is 4.12. The Morgan fingerprint density at radius 2 is 1.96 bits per heavy atom. The highest BCUT2D eigenvalue weighted by Gasteiger charge is 2.16. The molecule has 0 amide bonds. The minimum Gasteiger partial charge on any atom is -0.299 e. The Morgan fingerprint density at radius 3 is 2.77 bits per heavy atom. The molecule has 0 saturated carbocycles. The molecule has 4 rings (SSSR count). The third kappa shape index (κ3) is 3.04. The molecule has 4 aromatic rings. The molecule has 0 fully saturated rings. The molecule has 0 saturated heterocycles. The molecule has 0 aliphatic carbocycles. The smallest absolute Gasteiger partial charge is 0.272 e. The highest BCUT2D eigenvalue weighted by molar-refractivity contribution is 7.17. The molecule has 7 heteroatoms. The number of hydrogen-bond acceptors (Lipinski definition) is 5. The van der Waals surface area contributed by atoms with E-state index < -0.39 is 0 Å². The average molecular weight is 367 g/mol. The van der Waals surface area contributed by atoms with E-state index in [1.54, 1.807) is 11.6 Å². The maximum Gasteiger partial charge on any atom is 0.272 e. The third-order valence-corrected chi connectivity index (χ3v) is 5.55. The van der Waals surface area contributed by atoms with E-state index >= 15 is 0 Å². The summed E-state index contributed by atoms with van der Waals surface area (Å²) < 4.78 is 4.32. The van der Waals surface area contributed by atoms with Gasteiger partial charge in [0.25, 0.3) is 5.56 Å². The van der Waals surface area contributed by atoms with Crippen molar-refractivity contribution in [3.63, 3.8) is 0 Å². The van der Waals surface area contributed by atoms with E-state index in [-0.39, 0.29) is 5.56 Å². The van der Waals surface area contributed by atoms with E-state index in [2.05, 4.69) is 46.4 Å². The number of fused-ring (bicyclic) bond motifs is 3. The van der Waals surface area contributed by atoms with Gasteiger partial charge < -0.3 is 0 Å². The Bertz CT molecular complexity index is 1100. The predicted molar refractivity (Wildman–Crippen MR) is 105 cm³/mol. The first-order valence-electron chi connectivity index (χ1n) is 8.68. The lowest BCUT2D eigenvalue weighted by molar-refractivity contribution is 0.313. The van der Waals surface area contributed by atoms with Crippen molar-refractivity contribution >= 4 is 27.3 Å². The van der Waals surface area contributed by atoms with Gasteiger partial charge in [0.05, 0.1) is 12.1 Å². The Hall–Kier alpha value is -2.51. The minimum atomic E-state index is -0.0161. The van der Waals surface area contributed by atoms with Crippen LogP contribution in [0.25, 0.3) is 16.0 Å². The standard InChI is InChI=1S/C19H21N5OS/c1-22(11-6-9-14-7-4-3-5-8-14)13-16-20-21-19-23(2)18(25)17-15(24(16)19)10-12-26-17/h3-5,7-8,10,12H,6,9,11,13H2,1-2H3. The first-order chi connectivity index (χ1) is 12.6. The number of nitrogens with zero attached hydrogens (tertiary/aromatic N) is 5. The molecule has 0 radical (unpaired) electrons. The van der Waals surface area contributed by atoms with Crippen LogP contribution in [0, 0.1) is 0 Å². The Balaban J connectivity index is 1.53. The van der Waals surface area contributed by atoms with Crippen molar-refractivity contribution in [3.05, 3.63) is 63.5 Å². The van der Waals surface area contributed by atoms with Gasteiger partial charge in [-0.15, -0.1) is 21.5 Å². The van der Waals surface area contributed by atoms with E-state index in [0.29, 0.717) is 12.3 Å². The minimum absolute atomic E-state index is 0.0161. The number of benzene rings is 1. The zero-order chi connectivity index (χ0) is 18.1. The highest BCUT2D eigenvalue weighted by Crippen LogP contribution is 2.19. The van der Waals surface area contributed by atoms with Crippen LogP contribution in [-0.2, 0) is 20.0 Å². The maximum atomic E-state index is 12.4. The summed E-state index contributed by atoms with van der Waals surface area (Å²) in [6.45, 7) is 1.67. The molecule has 3 heterocycles. The van der Waals surface area contributed by atoms with E-state index in [0.717, 1.165) is 35.4 Å². The van der Waals surface area contributed by atoms with Crippen LogP contribution in [0.1, 0.15) is 17.8 Å². The number of aryl methyl sites for hydroxylation is 2. The molecule has 26 heavy (non-hydrogen) atoms. The van der Waals surface area contributed by atoms with Gasteiger partial charge in [-0.1, -0.05) is 30.3 Å². The fourth-order valence-electron chi connectivity index (χ4n) is 3.27. The molecule has 0 spiro atoms. The summed E-state index contributed by atoms with van der Waals surface area (Å²) in [5.41, 5.74) is 2.24. The van der Waals surface area contributed by atoms with Crippen LogP contribution in [0.2, 0.25) is 0 Å². The number of thiophene rings is 1. The fraction of sp³-hybridized carbons (Fsp3) is 0.316. The van der Waals surface area contributed by atoms with Gasteiger partial charge >= 0.3 is 0 Å². The quantitative estimate of drug-likeness (QED) is 0.526. The lowest BCUT2D eigenvalue weighted by atomic mass is 10.1. The van der Waals surface area contributed by atoms with Crippen molar-refractivity contribution in [3.8, 4) is 0 Å². The summed E-state index contributed by atoms with van der Waals surface area (Å²) in [7, 11) is 3.84. The molecular weight excluding hydrogens is 346 g/mol. The molecule has 0 aliphatic heterocycles. The summed E-state index contributed by atoms with van der Waals surface area (Å²) in [5, 5.41) is 10.5. The lowest BCUT2D eigenvalue weighted by Gasteiger charge is -2.15. The number of rotatable bonds is 6. The van der Waals surface area contributed by atoms with Crippen LogP contribution < -0.4 is 5.56 Å². The summed E-state index contributed by atoms with van der Waals surface area (Å²) in [5.74, 6) is 1.45. The molecule has 0 unspecified atom stereocenters. The van der Waals surface area contributed by atoms with Gasteiger partial charge in [0.15, 0.2) is 5.82 Å². The molecule has 1 aromatic carbocycles. The summed E-state index contributed by atoms with van der Waals surface area (Å²) in [6.07, 6.45) is 2.15. The Kier molecular flexibility index (Phi) is 4.57. The van der Waals surface area contributed by atoms with Crippen LogP contribution in [0.15, 0.2) is 46.6 Å².